The lowest BCUT2D eigenvalue weighted by Crippen LogP contribution is -2.17. The van der Waals surface area contributed by atoms with Gasteiger partial charge in [-0.15, -0.1) is 0 Å². The molecule has 0 atom stereocenters. The smallest absolute Gasteiger partial charge is 0.293 e. The van der Waals surface area contributed by atoms with E-state index >= 15 is 0 Å². The molecule has 0 N–H and O–H groups in total. The SMILES string of the molecule is CC(C)(C)C=O.CC(C)(C)OC=O. The Labute approximate surface area is 80.5 Å². The predicted octanol–water partition coefficient (Wildman–Crippen LogP) is 2.19. The quantitative estimate of drug-likeness (QED) is 0.592. The van der Waals surface area contributed by atoms with Crippen molar-refractivity contribution in [3.05, 3.63) is 0 Å². The van der Waals surface area contributed by atoms with E-state index in [-0.39, 0.29) is 11.0 Å². The molecule has 0 fully saturated rings. The summed E-state index contributed by atoms with van der Waals surface area (Å²) >= 11 is 0. The summed E-state index contributed by atoms with van der Waals surface area (Å²) in [6, 6.07) is 0. The summed E-state index contributed by atoms with van der Waals surface area (Å²) in [5.41, 5.74) is -0.457. The van der Waals surface area contributed by atoms with Crippen molar-refractivity contribution < 1.29 is 14.3 Å². The molecular weight excluding hydrogens is 168 g/mol. The van der Waals surface area contributed by atoms with Crippen molar-refractivity contribution in [2.24, 2.45) is 5.41 Å². The molecule has 0 spiro atoms. The molecule has 0 saturated heterocycles. The molecule has 0 aliphatic rings. The number of carbonyl (C=O) groups excluding carboxylic acids is 2. The van der Waals surface area contributed by atoms with Crippen molar-refractivity contribution in [3.63, 3.8) is 0 Å². The van der Waals surface area contributed by atoms with Crippen LogP contribution in [0.4, 0.5) is 0 Å². The van der Waals surface area contributed by atoms with Crippen molar-refractivity contribution in [1.82, 2.24) is 0 Å². The van der Waals surface area contributed by atoms with Crippen LogP contribution in [0.1, 0.15) is 41.5 Å². The van der Waals surface area contributed by atoms with E-state index < -0.39 is 0 Å². The summed E-state index contributed by atoms with van der Waals surface area (Å²) < 4.78 is 4.55. The van der Waals surface area contributed by atoms with Crippen molar-refractivity contribution in [2.75, 3.05) is 0 Å². The molecule has 0 amide bonds. The summed E-state index contributed by atoms with van der Waals surface area (Å²) in [5.74, 6) is 0. The van der Waals surface area contributed by atoms with Crippen LogP contribution in [0.25, 0.3) is 0 Å². The van der Waals surface area contributed by atoms with E-state index in [9.17, 15) is 9.59 Å². The number of hydrogen-bond acceptors (Lipinski definition) is 3. The number of hydrogen-bond donors (Lipinski definition) is 0. The standard InChI is InChI=1S/C5H10O2.C5H10O/c1-5(2,3)7-4-6;1-5(2,3)4-6/h4H,1-3H3;4H,1-3H3. The van der Waals surface area contributed by atoms with Gasteiger partial charge in [-0.05, 0) is 20.8 Å². The molecule has 0 aromatic heterocycles. The maximum atomic E-state index is 9.83. The van der Waals surface area contributed by atoms with E-state index in [4.69, 9.17) is 0 Å². The molecule has 0 radical (unpaired) electrons. The Morgan fingerprint density at radius 3 is 1.23 bits per heavy atom. The Hall–Kier alpha value is -0.860. The molecule has 0 aliphatic heterocycles. The first-order chi connectivity index (χ1) is 5.62. The fraction of sp³-hybridized carbons (Fsp3) is 0.800. The number of aldehydes is 1. The van der Waals surface area contributed by atoms with Gasteiger partial charge in [-0.1, -0.05) is 20.8 Å². The van der Waals surface area contributed by atoms with Crippen LogP contribution in [0, 0.1) is 5.41 Å². The minimum Gasteiger partial charge on any atom is -0.462 e. The van der Waals surface area contributed by atoms with Crippen molar-refractivity contribution >= 4 is 12.8 Å². The lowest BCUT2D eigenvalue weighted by atomic mass is 10.0. The average Bonchev–Trinajstić information content (AvgIpc) is 1.84. The molecule has 0 rings (SSSR count). The van der Waals surface area contributed by atoms with Gasteiger partial charge in [-0.2, -0.15) is 0 Å². The van der Waals surface area contributed by atoms with Crippen LogP contribution in [0.5, 0.6) is 0 Å². The second-order valence-corrected chi connectivity index (χ2v) is 4.81. The van der Waals surface area contributed by atoms with E-state index in [0.29, 0.717) is 6.47 Å². The van der Waals surface area contributed by atoms with Gasteiger partial charge in [-0.25, -0.2) is 0 Å². The third kappa shape index (κ3) is 24.7. The van der Waals surface area contributed by atoms with Crippen molar-refractivity contribution in [1.29, 1.82) is 0 Å². The van der Waals surface area contributed by atoms with Gasteiger partial charge in [0, 0.05) is 5.41 Å². The fourth-order valence-electron chi connectivity index (χ4n) is 0.144. The van der Waals surface area contributed by atoms with Crippen LogP contribution in [0.3, 0.4) is 0 Å². The van der Waals surface area contributed by atoms with Gasteiger partial charge in [-0.3, -0.25) is 4.79 Å². The van der Waals surface area contributed by atoms with Gasteiger partial charge in [0.1, 0.15) is 11.9 Å². The highest BCUT2D eigenvalue weighted by Gasteiger charge is 2.07. The van der Waals surface area contributed by atoms with Gasteiger partial charge in [0.25, 0.3) is 6.47 Å². The van der Waals surface area contributed by atoms with Crippen molar-refractivity contribution in [3.8, 4) is 0 Å². The lowest BCUT2D eigenvalue weighted by Gasteiger charge is -2.14. The molecule has 0 aliphatic carbocycles. The van der Waals surface area contributed by atoms with Crippen LogP contribution in [0.15, 0.2) is 0 Å². The van der Waals surface area contributed by atoms with Gasteiger partial charge in [0.2, 0.25) is 0 Å². The van der Waals surface area contributed by atoms with Gasteiger partial charge < -0.3 is 9.53 Å². The predicted molar refractivity (Wildman–Crippen MR) is 52.4 cm³/mol. The zero-order chi connectivity index (χ0) is 11.1. The fourth-order valence-corrected chi connectivity index (χ4v) is 0.144. The molecular formula is C10H20O3. The molecule has 3 nitrogen and oxygen atoms in total. The van der Waals surface area contributed by atoms with Crippen LogP contribution >= 0.6 is 0 Å². The molecule has 0 aromatic carbocycles. The van der Waals surface area contributed by atoms with Gasteiger partial charge >= 0.3 is 0 Å². The van der Waals surface area contributed by atoms with Crippen LogP contribution in [-0.2, 0) is 14.3 Å². The number of rotatable bonds is 1. The van der Waals surface area contributed by atoms with Crippen LogP contribution in [0.2, 0.25) is 0 Å². The molecule has 78 valence electrons. The summed E-state index contributed by atoms with van der Waals surface area (Å²) in [6.07, 6.45) is 0.938. The average molecular weight is 188 g/mol. The minimum atomic E-state index is -0.318. The van der Waals surface area contributed by atoms with Crippen molar-refractivity contribution in [2.45, 2.75) is 47.1 Å². The Balaban J connectivity index is 0. The molecule has 0 aromatic rings. The molecule has 0 bridgehead atoms. The number of ether oxygens (including phenoxy) is 1. The van der Waals surface area contributed by atoms with Gasteiger partial charge in [0.15, 0.2) is 0 Å². The third-order valence-electron chi connectivity index (χ3n) is 0.755. The largest absolute Gasteiger partial charge is 0.462 e. The Bertz CT molecular complexity index is 149. The Morgan fingerprint density at radius 1 is 0.923 bits per heavy atom. The second kappa shape index (κ2) is 5.73. The van der Waals surface area contributed by atoms with E-state index in [2.05, 4.69) is 4.74 Å². The highest BCUT2D eigenvalue weighted by atomic mass is 16.5. The molecule has 3 heteroatoms. The first-order valence-electron chi connectivity index (χ1n) is 4.20. The lowest BCUT2D eigenvalue weighted by molar-refractivity contribution is -0.138. The maximum Gasteiger partial charge on any atom is 0.293 e. The summed E-state index contributed by atoms with van der Waals surface area (Å²) in [7, 11) is 0. The zero-order valence-corrected chi connectivity index (χ0v) is 9.38. The highest BCUT2D eigenvalue weighted by molar-refractivity contribution is 5.56. The molecule has 13 heavy (non-hydrogen) atoms. The first-order valence-corrected chi connectivity index (χ1v) is 4.20. The van der Waals surface area contributed by atoms with E-state index in [0.717, 1.165) is 6.29 Å². The normalized spacial score (nSPS) is 10.9. The first kappa shape index (κ1) is 14.7. The molecule has 0 unspecified atom stereocenters. The monoisotopic (exact) mass is 188 g/mol. The minimum absolute atomic E-state index is 0.139. The second-order valence-electron chi connectivity index (χ2n) is 4.81. The van der Waals surface area contributed by atoms with E-state index in [1.165, 1.54) is 0 Å². The summed E-state index contributed by atoms with van der Waals surface area (Å²) in [5, 5.41) is 0. The molecule has 0 saturated carbocycles. The maximum absolute atomic E-state index is 9.83. The topological polar surface area (TPSA) is 43.4 Å². The Morgan fingerprint density at radius 2 is 1.23 bits per heavy atom. The van der Waals surface area contributed by atoms with Crippen LogP contribution < -0.4 is 0 Å². The molecule has 0 heterocycles. The Kier molecular flexibility index (Phi) is 6.46. The highest BCUT2D eigenvalue weighted by Crippen LogP contribution is 2.05. The summed E-state index contributed by atoms with van der Waals surface area (Å²) in [6.45, 7) is 11.5. The van der Waals surface area contributed by atoms with Crippen LogP contribution in [-0.4, -0.2) is 18.4 Å². The van der Waals surface area contributed by atoms with Gasteiger partial charge in [0.05, 0.1) is 0 Å². The van der Waals surface area contributed by atoms with E-state index in [1.807, 2.05) is 41.5 Å². The summed E-state index contributed by atoms with van der Waals surface area (Å²) in [4.78, 5) is 19.4. The number of carbonyl (C=O) groups is 2. The third-order valence-corrected chi connectivity index (χ3v) is 0.755. The van der Waals surface area contributed by atoms with E-state index in [1.54, 1.807) is 0 Å². The zero-order valence-electron chi connectivity index (χ0n) is 9.38.